The highest BCUT2D eigenvalue weighted by Gasteiger charge is 2.19. The maximum atomic E-state index is 10.9. The van der Waals surface area contributed by atoms with E-state index in [4.69, 9.17) is 5.73 Å². The van der Waals surface area contributed by atoms with Gasteiger partial charge in [-0.1, -0.05) is 0 Å². The normalized spacial score (nSPS) is 12.3. The summed E-state index contributed by atoms with van der Waals surface area (Å²) in [5.74, 6) is -1.55. The highest BCUT2D eigenvalue weighted by atomic mass is 16.2. The summed E-state index contributed by atoms with van der Waals surface area (Å²) in [6.45, 7) is 1.49. The second-order valence-corrected chi connectivity index (χ2v) is 2.36. The van der Waals surface area contributed by atoms with Gasteiger partial charge in [-0.15, -0.1) is 0 Å². The van der Waals surface area contributed by atoms with Gasteiger partial charge in [-0.05, 0) is 6.92 Å². The van der Waals surface area contributed by atoms with Gasteiger partial charge in [0.15, 0.2) is 0 Å². The van der Waals surface area contributed by atoms with Crippen LogP contribution in [0.25, 0.3) is 0 Å². The van der Waals surface area contributed by atoms with E-state index < -0.39 is 11.8 Å². The lowest BCUT2D eigenvalue weighted by Crippen LogP contribution is -2.36. The average molecular weight is 144 g/mol. The van der Waals surface area contributed by atoms with E-state index in [0.717, 1.165) is 0 Å². The molecule has 0 bridgehead atoms. The Kier molecular flexibility index (Phi) is 2.86. The number of hydrogen-bond acceptors (Lipinski definition) is 2. The van der Waals surface area contributed by atoms with E-state index in [1.54, 1.807) is 14.1 Å². The summed E-state index contributed by atoms with van der Waals surface area (Å²) >= 11 is 0. The Morgan fingerprint density at radius 1 is 1.40 bits per heavy atom. The largest absolute Gasteiger partial charge is 0.369 e. The van der Waals surface area contributed by atoms with Gasteiger partial charge in [0.05, 0.1) is 0 Å². The standard InChI is InChI=1S/C6H12N2O2/c1-4(5(7)9)6(10)8(2)3/h4H,1-3H3,(H2,7,9). The minimum Gasteiger partial charge on any atom is -0.369 e. The zero-order chi connectivity index (χ0) is 8.31. The van der Waals surface area contributed by atoms with Crippen LogP contribution in [0, 0.1) is 5.92 Å². The molecule has 1 unspecified atom stereocenters. The fourth-order valence-corrected chi connectivity index (χ4v) is 0.509. The molecule has 58 valence electrons. The molecule has 0 fully saturated rings. The van der Waals surface area contributed by atoms with Gasteiger partial charge in [0.2, 0.25) is 11.8 Å². The maximum Gasteiger partial charge on any atom is 0.234 e. The van der Waals surface area contributed by atoms with Crippen molar-refractivity contribution < 1.29 is 9.59 Å². The fourth-order valence-electron chi connectivity index (χ4n) is 0.509. The number of carbonyl (C=O) groups excluding carboxylic acids is 2. The first kappa shape index (κ1) is 8.94. The lowest BCUT2D eigenvalue weighted by molar-refractivity contribution is -0.138. The Bertz CT molecular complexity index is 154. The van der Waals surface area contributed by atoms with Crippen molar-refractivity contribution in [2.75, 3.05) is 14.1 Å². The number of carbonyl (C=O) groups is 2. The molecule has 0 spiro atoms. The van der Waals surface area contributed by atoms with Crippen LogP contribution in [-0.2, 0) is 9.59 Å². The summed E-state index contributed by atoms with van der Waals surface area (Å²) in [5.41, 5.74) is 4.89. The zero-order valence-corrected chi connectivity index (χ0v) is 6.42. The number of nitrogens with zero attached hydrogens (tertiary/aromatic N) is 1. The van der Waals surface area contributed by atoms with Gasteiger partial charge in [-0.25, -0.2) is 0 Å². The summed E-state index contributed by atoms with van der Waals surface area (Å²) in [5, 5.41) is 0. The Balaban J connectivity index is 4.08. The molecule has 0 aliphatic heterocycles. The van der Waals surface area contributed by atoms with Gasteiger partial charge in [-0.2, -0.15) is 0 Å². The van der Waals surface area contributed by atoms with E-state index in [1.165, 1.54) is 11.8 Å². The SMILES string of the molecule is CC(C(N)=O)C(=O)N(C)C. The fraction of sp³-hybridized carbons (Fsp3) is 0.667. The molecule has 0 aliphatic carbocycles. The molecule has 0 aromatic carbocycles. The molecular formula is C6H12N2O2. The number of hydrogen-bond donors (Lipinski definition) is 1. The molecule has 4 nitrogen and oxygen atoms in total. The van der Waals surface area contributed by atoms with Crippen LogP contribution in [0.3, 0.4) is 0 Å². The van der Waals surface area contributed by atoms with Crippen LogP contribution in [-0.4, -0.2) is 30.8 Å². The van der Waals surface area contributed by atoms with E-state index in [9.17, 15) is 9.59 Å². The monoisotopic (exact) mass is 144 g/mol. The van der Waals surface area contributed by atoms with Crippen LogP contribution in [0.2, 0.25) is 0 Å². The van der Waals surface area contributed by atoms with Crippen molar-refractivity contribution >= 4 is 11.8 Å². The second kappa shape index (κ2) is 3.20. The Morgan fingerprint density at radius 2 is 1.80 bits per heavy atom. The van der Waals surface area contributed by atoms with Crippen molar-refractivity contribution in [2.24, 2.45) is 11.7 Å². The molecular weight excluding hydrogens is 132 g/mol. The van der Waals surface area contributed by atoms with Crippen molar-refractivity contribution in [2.45, 2.75) is 6.92 Å². The van der Waals surface area contributed by atoms with Gasteiger partial charge in [0.25, 0.3) is 0 Å². The van der Waals surface area contributed by atoms with Crippen LogP contribution >= 0.6 is 0 Å². The summed E-state index contributed by atoms with van der Waals surface area (Å²) < 4.78 is 0. The van der Waals surface area contributed by atoms with Crippen LogP contribution in [0.5, 0.6) is 0 Å². The molecule has 0 saturated heterocycles. The van der Waals surface area contributed by atoms with E-state index in [1.807, 2.05) is 0 Å². The van der Waals surface area contributed by atoms with Crippen molar-refractivity contribution in [3.8, 4) is 0 Å². The second-order valence-electron chi connectivity index (χ2n) is 2.36. The van der Waals surface area contributed by atoms with Gasteiger partial charge < -0.3 is 10.6 Å². The highest BCUT2D eigenvalue weighted by molar-refractivity contribution is 5.98. The van der Waals surface area contributed by atoms with Crippen molar-refractivity contribution in [3.05, 3.63) is 0 Å². The summed E-state index contributed by atoms with van der Waals surface area (Å²) in [7, 11) is 3.17. The molecule has 0 heterocycles. The van der Waals surface area contributed by atoms with Gasteiger partial charge in [0, 0.05) is 14.1 Å². The van der Waals surface area contributed by atoms with Crippen LogP contribution in [0.4, 0.5) is 0 Å². The average Bonchev–Trinajstić information content (AvgIpc) is 1.84. The third-order valence-corrected chi connectivity index (χ3v) is 1.24. The molecule has 0 rings (SSSR count). The summed E-state index contributed by atoms with van der Waals surface area (Å²) in [6, 6.07) is 0. The molecule has 0 aromatic rings. The molecule has 2 amide bonds. The first-order valence-electron chi connectivity index (χ1n) is 2.97. The quantitative estimate of drug-likeness (QED) is 0.515. The minimum absolute atomic E-state index is 0.257. The predicted molar refractivity (Wildman–Crippen MR) is 37.1 cm³/mol. The highest BCUT2D eigenvalue weighted by Crippen LogP contribution is 1.96. The Labute approximate surface area is 60.0 Å². The molecule has 2 N–H and O–H groups in total. The van der Waals surface area contributed by atoms with Crippen molar-refractivity contribution in [3.63, 3.8) is 0 Å². The predicted octanol–water partition coefficient (Wildman–Crippen LogP) is -0.804. The third kappa shape index (κ3) is 2.05. The molecule has 0 radical (unpaired) electrons. The zero-order valence-electron chi connectivity index (χ0n) is 6.42. The number of primary amides is 1. The van der Waals surface area contributed by atoms with E-state index in [-0.39, 0.29) is 5.91 Å². The smallest absolute Gasteiger partial charge is 0.234 e. The number of nitrogens with two attached hydrogens (primary N) is 1. The Morgan fingerprint density at radius 3 is 1.90 bits per heavy atom. The number of amides is 2. The van der Waals surface area contributed by atoms with E-state index in [0.29, 0.717) is 0 Å². The van der Waals surface area contributed by atoms with Gasteiger partial charge in [-0.3, -0.25) is 9.59 Å². The lowest BCUT2D eigenvalue weighted by atomic mass is 10.1. The topological polar surface area (TPSA) is 63.4 Å². The Hall–Kier alpha value is -1.06. The molecule has 1 atom stereocenters. The molecule has 0 aliphatic rings. The summed E-state index contributed by atoms with van der Waals surface area (Å²) in [6.07, 6.45) is 0. The maximum absolute atomic E-state index is 10.9. The first-order chi connectivity index (χ1) is 4.46. The molecule has 0 aromatic heterocycles. The van der Waals surface area contributed by atoms with E-state index in [2.05, 4.69) is 0 Å². The lowest BCUT2D eigenvalue weighted by Gasteiger charge is -2.13. The minimum atomic E-state index is -0.713. The van der Waals surface area contributed by atoms with Crippen LogP contribution in [0.1, 0.15) is 6.92 Å². The summed E-state index contributed by atoms with van der Waals surface area (Å²) in [4.78, 5) is 22.7. The van der Waals surface area contributed by atoms with E-state index >= 15 is 0 Å². The van der Waals surface area contributed by atoms with Crippen LogP contribution < -0.4 is 5.73 Å². The van der Waals surface area contributed by atoms with Crippen LogP contribution in [0.15, 0.2) is 0 Å². The third-order valence-electron chi connectivity index (χ3n) is 1.24. The number of rotatable bonds is 2. The molecule has 10 heavy (non-hydrogen) atoms. The van der Waals surface area contributed by atoms with Gasteiger partial charge in [0.1, 0.15) is 5.92 Å². The van der Waals surface area contributed by atoms with Crippen molar-refractivity contribution in [1.29, 1.82) is 0 Å². The van der Waals surface area contributed by atoms with Crippen molar-refractivity contribution in [1.82, 2.24) is 4.90 Å². The molecule has 0 saturated carbocycles. The van der Waals surface area contributed by atoms with Gasteiger partial charge >= 0.3 is 0 Å². The molecule has 4 heteroatoms. The first-order valence-corrected chi connectivity index (χ1v) is 2.97.